The van der Waals surface area contributed by atoms with Crippen molar-refractivity contribution in [3.8, 4) is 5.75 Å². The number of aromatic nitrogens is 1. The second kappa shape index (κ2) is 9.55. The number of amides is 1. The lowest BCUT2D eigenvalue weighted by molar-refractivity contribution is -0.121. The molecule has 1 aliphatic heterocycles. The fourth-order valence-electron chi connectivity index (χ4n) is 3.59. The highest BCUT2D eigenvalue weighted by atomic mass is 16.5. The largest absolute Gasteiger partial charge is 0.497 e. The molecule has 1 aliphatic rings. The van der Waals surface area contributed by atoms with Crippen molar-refractivity contribution in [2.24, 2.45) is 0 Å². The number of rotatable bonds is 7. The summed E-state index contributed by atoms with van der Waals surface area (Å²) < 4.78 is 5.23. The van der Waals surface area contributed by atoms with Gasteiger partial charge in [0.25, 0.3) is 5.56 Å². The molecule has 3 rings (SSSR count). The summed E-state index contributed by atoms with van der Waals surface area (Å²) in [6.07, 6.45) is 5.88. The van der Waals surface area contributed by atoms with Gasteiger partial charge in [-0.2, -0.15) is 0 Å². The smallest absolute Gasteiger partial charge is 0.251 e. The van der Waals surface area contributed by atoms with E-state index in [2.05, 4.69) is 15.2 Å². The van der Waals surface area contributed by atoms with E-state index in [9.17, 15) is 9.59 Å². The van der Waals surface area contributed by atoms with Gasteiger partial charge < -0.3 is 19.9 Å². The Morgan fingerprint density at radius 2 is 1.96 bits per heavy atom. The summed E-state index contributed by atoms with van der Waals surface area (Å²) in [6, 6.07) is 7.38. The molecule has 0 atom stereocenters. The van der Waals surface area contributed by atoms with Gasteiger partial charge in [-0.3, -0.25) is 9.59 Å². The van der Waals surface area contributed by atoms with Crippen LogP contribution in [-0.2, 0) is 11.2 Å². The van der Waals surface area contributed by atoms with Crippen molar-refractivity contribution < 1.29 is 9.53 Å². The van der Waals surface area contributed by atoms with E-state index in [1.807, 2.05) is 24.3 Å². The minimum Gasteiger partial charge on any atom is -0.497 e. The Morgan fingerprint density at radius 3 is 2.70 bits per heavy atom. The number of aryl methyl sites for hydroxylation is 1. The minimum atomic E-state index is -0.134. The number of fused-ring (bicyclic) bond motifs is 1. The molecule has 1 fully saturated rings. The van der Waals surface area contributed by atoms with Gasteiger partial charge in [-0.05, 0) is 56.6 Å². The molecule has 0 radical (unpaired) electrons. The number of nitrogens with zero attached hydrogens (tertiary/aromatic N) is 1. The maximum Gasteiger partial charge on any atom is 0.251 e. The molecule has 0 aliphatic carbocycles. The van der Waals surface area contributed by atoms with E-state index in [0.717, 1.165) is 36.3 Å². The first-order valence-electron chi connectivity index (χ1n) is 9.85. The number of nitrogens with one attached hydrogen (secondary N) is 2. The first kappa shape index (κ1) is 19.4. The van der Waals surface area contributed by atoms with Gasteiger partial charge in [0.15, 0.2) is 0 Å². The number of aromatic amines is 1. The molecule has 1 aromatic heterocycles. The summed E-state index contributed by atoms with van der Waals surface area (Å²) in [4.78, 5) is 29.7. The number of hydrogen-bond donors (Lipinski definition) is 2. The van der Waals surface area contributed by atoms with Crippen LogP contribution >= 0.6 is 0 Å². The Bertz CT molecular complexity index is 823. The SMILES string of the molecule is COc1ccc2[nH]c(=O)c(CCC(=O)NCCN3CCCCCC3)cc2c1. The number of ether oxygens (including phenoxy) is 1. The fourth-order valence-corrected chi connectivity index (χ4v) is 3.59. The van der Waals surface area contributed by atoms with Crippen LogP contribution in [0.3, 0.4) is 0 Å². The van der Waals surface area contributed by atoms with Gasteiger partial charge in [0, 0.05) is 36.0 Å². The summed E-state index contributed by atoms with van der Waals surface area (Å²) in [5, 5.41) is 3.89. The number of carbonyl (C=O) groups is 1. The van der Waals surface area contributed by atoms with Crippen LogP contribution in [0.1, 0.15) is 37.7 Å². The Hall–Kier alpha value is -2.34. The van der Waals surface area contributed by atoms with Crippen LogP contribution in [0.5, 0.6) is 5.75 Å². The van der Waals surface area contributed by atoms with Crippen molar-refractivity contribution in [3.63, 3.8) is 0 Å². The quantitative estimate of drug-likeness (QED) is 0.784. The van der Waals surface area contributed by atoms with E-state index in [-0.39, 0.29) is 11.5 Å². The third-order valence-corrected chi connectivity index (χ3v) is 5.20. The normalized spacial score (nSPS) is 15.4. The standard InChI is InChI=1S/C21H29N3O3/c1-27-18-7-8-19-17(15-18)14-16(21(26)23-19)6-9-20(25)22-10-13-24-11-4-2-3-5-12-24/h7-8,14-15H,2-6,9-13H2,1H3,(H,22,25)(H,23,26). The maximum absolute atomic E-state index is 12.2. The molecule has 1 amide bonds. The number of hydrogen-bond acceptors (Lipinski definition) is 4. The van der Waals surface area contributed by atoms with E-state index in [4.69, 9.17) is 4.74 Å². The van der Waals surface area contributed by atoms with Gasteiger partial charge >= 0.3 is 0 Å². The van der Waals surface area contributed by atoms with Crippen LogP contribution in [0.4, 0.5) is 0 Å². The monoisotopic (exact) mass is 371 g/mol. The average Bonchev–Trinajstić information content (AvgIpc) is 2.95. The minimum absolute atomic E-state index is 0.00467. The van der Waals surface area contributed by atoms with E-state index < -0.39 is 0 Å². The van der Waals surface area contributed by atoms with Crippen LogP contribution in [0, 0.1) is 0 Å². The third kappa shape index (κ3) is 5.57. The van der Waals surface area contributed by atoms with Gasteiger partial charge in [0.1, 0.15) is 5.75 Å². The first-order valence-corrected chi connectivity index (χ1v) is 9.85. The van der Waals surface area contributed by atoms with E-state index in [1.165, 1.54) is 25.7 Å². The van der Waals surface area contributed by atoms with Crippen LogP contribution in [0.15, 0.2) is 29.1 Å². The van der Waals surface area contributed by atoms with Crippen LogP contribution in [0.2, 0.25) is 0 Å². The molecular weight excluding hydrogens is 342 g/mol. The maximum atomic E-state index is 12.2. The number of likely N-dealkylation sites (tertiary alicyclic amines) is 1. The van der Waals surface area contributed by atoms with Crippen molar-refractivity contribution in [3.05, 3.63) is 40.2 Å². The molecule has 146 valence electrons. The lowest BCUT2D eigenvalue weighted by atomic mass is 10.1. The summed E-state index contributed by atoms with van der Waals surface area (Å²) >= 11 is 0. The molecule has 0 bridgehead atoms. The van der Waals surface area contributed by atoms with Crippen LogP contribution in [0.25, 0.3) is 10.9 Å². The van der Waals surface area contributed by atoms with Crippen molar-refractivity contribution in [2.45, 2.75) is 38.5 Å². The fraction of sp³-hybridized carbons (Fsp3) is 0.524. The zero-order chi connectivity index (χ0) is 19.1. The van der Waals surface area contributed by atoms with E-state index in [1.54, 1.807) is 7.11 Å². The molecule has 2 aromatic rings. The summed E-state index contributed by atoms with van der Waals surface area (Å²) in [5.41, 5.74) is 1.26. The van der Waals surface area contributed by atoms with Crippen molar-refractivity contribution in [1.82, 2.24) is 15.2 Å². The molecule has 0 unspecified atom stereocenters. The molecule has 1 aromatic carbocycles. The molecule has 6 heteroatoms. The highest BCUT2D eigenvalue weighted by Crippen LogP contribution is 2.19. The average molecular weight is 371 g/mol. The molecule has 27 heavy (non-hydrogen) atoms. The Labute approximate surface area is 159 Å². The number of H-pyrrole nitrogens is 1. The predicted molar refractivity (Wildman–Crippen MR) is 107 cm³/mol. The predicted octanol–water partition coefficient (Wildman–Crippen LogP) is 2.46. The number of benzene rings is 1. The second-order valence-electron chi connectivity index (χ2n) is 7.18. The summed E-state index contributed by atoms with van der Waals surface area (Å²) in [7, 11) is 1.61. The molecular formula is C21H29N3O3. The van der Waals surface area contributed by atoms with Crippen molar-refractivity contribution >= 4 is 16.8 Å². The van der Waals surface area contributed by atoms with Gasteiger partial charge in [-0.25, -0.2) is 0 Å². The molecule has 6 nitrogen and oxygen atoms in total. The molecule has 1 saturated heterocycles. The van der Waals surface area contributed by atoms with Crippen LogP contribution in [-0.4, -0.2) is 49.1 Å². The Kier molecular flexibility index (Phi) is 6.87. The highest BCUT2D eigenvalue weighted by molar-refractivity contribution is 5.81. The zero-order valence-corrected chi connectivity index (χ0v) is 16.1. The zero-order valence-electron chi connectivity index (χ0n) is 16.1. The van der Waals surface area contributed by atoms with E-state index >= 15 is 0 Å². The van der Waals surface area contributed by atoms with E-state index in [0.29, 0.717) is 24.9 Å². The van der Waals surface area contributed by atoms with Gasteiger partial charge in [-0.1, -0.05) is 12.8 Å². The number of pyridine rings is 1. The Morgan fingerprint density at radius 1 is 1.19 bits per heavy atom. The second-order valence-corrected chi connectivity index (χ2v) is 7.18. The molecule has 0 spiro atoms. The lowest BCUT2D eigenvalue weighted by Crippen LogP contribution is -2.35. The van der Waals surface area contributed by atoms with Crippen LogP contribution < -0.4 is 15.6 Å². The van der Waals surface area contributed by atoms with Gasteiger partial charge in [-0.15, -0.1) is 0 Å². The molecule has 2 heterocycles. The first-order chi connectivity index (χ1) is 13.2. The number of methoxy groups -OCH3 is 1. The Balaban J connectivity index is 1.50. The lowest BCUT2D eigenvalue weighted by Gasteiger charge is -2.19. The van der Waals surface area contributed by atoms with Crippen molar-refractivity contribution in [2.75, 3.05) is 33.3 Å². The molecule has 0 saturated carbocycles. The summed E-state index contributed by atoms with van der Waals surface area (Å²) in [5.74, 6) is 0.738. The van der Waals surface area contributed by atoms with Crippen molar-refractivity contribution in [1.29, 1.82) is 0 Å². The molecule has 2 N–H and O–H groups in total. The number of carbonyl (C=O) groups excluding carboxylic acids is 1. The van der Waals surface area contributed by atoms with Gasteiger partial charge in [0.2, 0.25) is 5.91 Å². The third-order valence-electron chi connectivity index (χ3n) is 5.20. The van der Waals surface area contributed by atoms with Gasteiger partial charge in [0.05, 0.1) is 7.11 Å². The topological polar surface area (TPSA) is 74.4 Å². The highest BCUT2D eigenvalue weighted by Gasteiger charge is 2.10. The summed E-state index contributed by atoms with van der Waals surface area (Å²) in [6.45, 7) is 3.84.